The van der Waals surface area contributed by atoms with Crippen molar-refractivity contribution in [2.45, 2.75) is 40.5 Å². The molecule has 0 unspecified atom stereocenters. The van der Waals surface area contributed by atoms with Gasteiger partial charge >= 0.3 is 0 Å². The first-order chi connectivity index (χ1) is 18.2. The van der Waals surface area contributed by atoms with E-state index in [1.807, 2.05) is 12.1 Å². The van der Waals surface area contributed by atoms with Crippen molar-refractivity contribution in [2.75, 3.05) is 0 Å². The summed E-state index contributed by atoms with van der Waals surface area (Å²) in [7, 11) is 0. The highest BCUT2D eigenvalue weighted by molar-refractivity contribution is 9.11. The maximum Gasteiger partial charge on any atom is 0.144 e. The van der Waals surface area contributed by atoms with Gasteiger partial charge in [0.05, 0.1) is 52.9 Å². The average molecular weight is 715 g/mol. The molecule has 0 saturated heterocycles. The van der Waals surface area contributed by atoms with Gasteiger partial charge in [0.1, 0.15) is 33.7 Å². The summed E-state index contributed by atoms with van der Waals surface area (Å²) in [4.78, 5) is 1.46. The Morgan fingerprint density at radius 1 is 0.658 bits per heavy atom. The molecule has 0 fully saturated rings. The minimum absolute atomic E-state index is 0.109. The second kappa shape index (κ2) is 10.2. The summed E-state index contributed by atoms with van der Waals surface area (Å²) in [6.45, 7) is 8.58. The van der Waals surface area contributed by atoms with Gasteiger partial charge in [-0.15, -0.1) is 22.7 Å². The number of hydrogen-bond donors (Lipinski definition) is 0. The molecule has 38 heavy (non-hydrogen) atoms. The van der Waals surface area contributed by atoms with Crippen LogP contribution in [0.2, 0.25) is 0 Å². The summed E-state index contributed by atoms with van der Waals surface area (Å²) in [5, 5.41) is 0.219. The van der Waals surface area contributed by atoms with E-state index < -0.39 is 11.6 Å². The number of hydrogen-bond acceptors (Lipinski definition) is 8. The molecule has 196 valence electrons. The number of benzene rings is 2. The fourth-order valence-corrected chi connectivity index (χ4v) is 9.45. The average Bonchev–Trinajstić information content (AvgIpc) is 3.62. The van der Waals surface area contributed by atoms with Crippen molar-refractivity contribution in [1.29, 1.82) is 0 Å². The maximum atomic E-state index is 16.6. The van der Waals surface area contributed by atoms with Gasteiger partial charge in [0.25, 0.3) is 0 Å². The lowest BCUT2D eigenvalue weighted by Crippen LogP contribution is -1.96. The second-order valence-electron chi connectivity index (χ2n) is 10.1. The van der Waals surface area contributed by atoms with Gasteiger partial charge in [0.15, 0.2) is 0 Å². The van der Waals surface area contributed by atoms with E-state index in [1.165, 1.54) is 22.7 Å². The molecule has 4 nitrogen and oxygen atoms in total. The Hall–Kier alpha value is -1.44. The lowest BCUT2D eigenvalue weighted by atomic mass is 9.96. The van der Waals surface area contributed by atoms with Crippen molar-refractivity contribution < 1.29 is 8.78 Å². The normalized spacial score (nSPS) is 12.4. The van der Waals surface area contributed by atoms with Crippen LogP contribution in [0.5, 0.6) is 0 Å². The van der Waals surface area contributed by atoms with E-state index in [-0.39, 0.29) is 10.8 Å². The van der Waals surface area contributed by atoms with Gasteiger partial charge in [-0.1, -0.05) is 27.7 Å². The minimum atomic E-state index is -0.541. The van der Waals surface area contributed by atoms with Crippen LogP contribution in [0.25, 0.3) is 53.7 Å². The Morgan fingerprint density at radius 3 is 1.39 bits per heavy atom. The van der Waals surface area contributed by atoms with Crippen molar-refractivity contribution in [1.82, 2.24) is 17.5 Å². The number of thiophene rings is 2. The molecule has 0 aliphatic heterocycles. The number of halogens is 4. The standard InChI is InChI=1S/C26H20Br2F2N4S4/c1-9(2)5-11-7-13(35-25(11)27)15-19(29)17-18(23-21(15)31-37-33-23)20(30)16(22-24(17)34-38-32-22)14-8-12(6-10(3)4)26(28)36-14/h7-10H,5-6H2,1-4H3. The van der Waals surface area contributed by atoms with Crippen LogP contribution in [0, 0.1) is 23.5 Å². The Bertz CT molecular complexity index is 1720. The zero-order valence-corrected chi connectivity index (χ0v) is 27.1. The lowest BCUT2D eigenvalue weighted by Gasteiger charge is -2.11. The summed E-state index contributed by atoms with van der Waals surface area (Å²) >= 11 is 12.1. The molecule has 4 heterocycles. The largest absolute Gasteiger partial charge is 0.205 e. The molecule has 2 aromatic carbocycles. The van der Waals surface area contributed by atoms with Crippen LogP contribution in [0.4, 0.5) is 8.78 Å². The zero-order chi connectivity index (χ0) is 26.9. The molecule has 0 atom stereocenters. The van der Waals surface area contributed by atoms with Gasteiger partial charge in [-0.05, 0) is 79.8 Å². The Balaban J connectivity index is 1.68. The summed E-state index contributed by atoms with van der Waals surface area (Å²) in [5.41, 5.74) is 4.32. The summed E-state index contributed by atoms with van der Waals surface area (Å²) < 4.78 is 52.9. The molecule has 0 N–H and O–H groups in total. The van der Waals surface area contributed by atoms with E-state index in [4.69, 9.17) is 0 Å². The number of nitrogens with zero attached hydrogens (tertiary/aromatic N) is 4. The van der Waals surface area contributed by atoms with E-state index in [0.29, 0.717) is 45.0 Å². The first kappa shape index (κ1) is 26.8. The Morgan fingerprint density at radius 2 is 1.03 bits per heavy atom. The highest BCUT2D eigenvalue weighted by Crippen LogP contribution is 2.48. The summed E-state index contributed by atoms with van der Waals surface area (Å²) in [6.07, 6.45) is 1.72. The molecule has 0 aliphatic rings. The molecule has 0 saturated carbocycles. The third-order valence-corrected chi connectivity index (χ3v) is 11.3. The Kier molecular flexibility index (Phi) is 7.18. The fourth-order valence-electron chi connectivity index (χ4n) is 4.82. The van der Waals surface area contributed by atoms with Crippen LogP contribution in [0.15, 0.2) is 19.7 Å². The summed E-state index contributed by atoms with van der Waals surface area (Å²) in [5.74, 6) is -0.187. The van der Waals surface area contributed by atoms with Gasteiger partial charge < -0.3 is 0 Å². The van der Waals surface area contributed by atoms with Crippen molar-refractivity contribution in [3.05, 3.63) is 42.5 Å². The van der Waals surface area contributed by atoms with Gasteiger partial charge in [-0.3, -0.25) is 0 Å². The van der Waals surface area contributed by atoms with Crippen LogP contribution >= 0.6 is 78.0 Å². The topological polar surface area (TPSA) is 51.6 Å². The number of rotatable bonds is 6. The van der Waals surface area contributed by atoms with Gasteiger partial charge in [0, 0.05) is 9.75 Å². The molecule has 4 aromatic heterocycles. The van der Waals surface area contributed by atoms with Crippen LogP contribution in [0.3, 0.4) is 0 Å². The first-order valence-electron chi connectivity index (χ1n) is 11.9. The third-order valence-electron chi connectivity index (χ3n) is 6.32. The number of fused-ring (bicyclic) bond motifs is 5. The molecule has 6 aromatic rings. The Labute approximate surface area is 251 Å². The highest BCUT2D eigenvalue weighted by atomic mass is 79.9. The number of aromatic nitrogens is 4. The maximum absolute atomic E-state index is 16.6. The molecule has 12 heteroatoms. The van der Waals surface area contributed by atoms with Crippen molar-refractivity contribution in [3.63, 3.8) is 0 Å². The zero-order valence-electron chi connectivity index (χ0n) is 20.7. The van der Waals surface area contributed by atoms with Crippen LogP contribution in [-0.4, -0.2) is 17.5 Å². The molecule has 0 bridgehead atoms. The molecule has 0 radical (unpaired) electrons. The molecule has 6 rings (SSSR count). The van der Waals surface area contributed by atoms with Crippen LogP contribution in [0.1, 0.15) is 38.8 Å². The second-order valence-corrected chi connectivity index (χ2v) is 15.9. The molecule has 0 spiro atoms. The summed E-state index contributed by atoms with van der Waals surface area (Å²) in [6, 6.07) is 4.00. The van der Waals surface area contributed by atoms with E-state index in [1.54, 1.807) is 0 Å². The van der Waals surface area contributed by atoms with Crippen LogP contribution < -0.4 is 0 Å². The lowest BCUT2D eigenvalue weighted by molar-refractivity contribution is 0.635. The fraction of sp³-hybridized carbons (Fsp3) is 0.308. The van der Waals surface area contributed by atoms with E-state index in [2.05, 4.69) is 77.0 Å². The molecular formula is C26H20Br2F2N4S4. The van der Waals surface area contributed by atoms with Gasteiger partial charge in [-0.25, -0.2) is 8.78 Å². The molecular weight excluding hydrogens is 694 g/mol. The highest BCUT2D eigenvalue weighted by Gasteiger charge is 2.30. The molecule has 0 aliphatic carbocycles. The molecule has 0 amide bonds. The van der Waals surface area contributed by atoms with Gasteiger partial charge in [0.2, 0.25) is 0 Å². The quantitative estimate of drug-likeness (QED) is 0.172. The van der Waals surface area contributed by atoms with E-state index >= 15 is 8.78 Å². The first-order valence-corrected chi connectivity index (χ1v) is 16.6. The van der Waals surface area contributed by atoms with Crippen molar-refractivity contribution >= 4 is 111 Å². The SMILES string of the molecule is CC(C)Cc1cc(-c2c(F)c3c4nsnc4c(-c4cc(CC(C)C)c(Br)s4)c(F)c3c3nsnc23)sc1Br. The predicted molar refractivity (Wildman–Crippen MR) is 165 cm³/mol. The third kappa shape index (κ3) is 4.35. The van der Waals surface area contributed by atoms with Crippen molar-refractivity contribution in [3.8, 4) is 20.9 Å². The monoisotopic (exact) mass is 712 g/mol. The van der Waals surface area contributed by atoms with Crippen LogP contribution in [-0.2, 0) is 12.8 Å². The van der Waals surface area contributed by atoms with Crippen molar-refractivity contribution in [2.24, 2.45) is 11.8 Å². The smallest absolute Gasteiger partial charge is 0.144 e. The minimum Gasteiger partial charge on any atom is -0.205 e. The van der Waals surface area contributed by atoms with E-state index in [9.17, 15) is 0 Å². The van der Waals surface area contributed by atoms with E-state index in [0.717, 1.165) is 64.8 Å². The van der Waals surface area contributed by atoms with Gasteiger partial charge in [-0.2, -0.15) is 17.5 Å². The predicted octanol–water partition coefficient (Wildman–Crippen LogP) is 10.5.